The van der Waals surface area contributed by atoms with Gasteiger partial charge in [-0.15, -0.1) is 10.2 Å². The van der Waals surface area contributed by atoms with Crippen LogP contribution in [0.15, 0.2) is 46.2 Å². The van der Waals surface area contributed by atoms with Crippen LogP contribution in [0, 0.1) is 6.92 Å². The lowest BCUT2D eigenvalue weighted by Crippen LogP contribution is -2.14. The molecular formula is C19H22N4O2S. The molecule has 2 aromatic heterocycles. The maximum absolute atomic E-state index is 12.3. The summed E-state index contributed by atoms with van der Waals surface area (Å²) in [6, 6.07) is 9.79. The lowest BCUT2D eigenvalue weighted by molar-refractivity contribution is -0.113. The molecule has 0 radical (unpaired) electrons. The Labute approximate surface area is 157 Å². The Balaban J connectivity index is 1.63. The van der Waals surface area contributed by atoms with E-state index < -0.39 is 0 Å². The maximum Gasteiger partial charge on any atom is 0.234 e. The third-order valence-corrected chi connectivity index (χ3v) is 5.12. The fourth-order valence-electron chi connectivity index (χ4n) is 2.59. The summed E-state index contributed by atoms with van der Waals surface area (Å²) in [5, 5.41) is 12.0. The summed E-state index contributed by atoms with van der Waals surface area (Å²) in [5.41, 5.74) is 2.92. The lowest BCUT2D eigenvalue weighted by Gasteiger charge is -2.09. The van der Waals surface area contributed by atoms with Crippen molar-refractivity contribution in [2.24, 2.45) is 7.05 Å². The van der Waals surface area contributed by atoms with Crippen LogP contribution in [0.2, 0.25) is 0 Å². The SMILES string of the molecule is Cc1occc1-c1nnc(SCC(=O)Nc2cccc(C(C)C)c2)n1C. The van der Waals surface area contributed by atoms with Crippen molar-refractivity contribution in [1.29, 1.82) is 0 Å². The molecule has 0 saturated carbocycles. The van der Waals surface area contributed by atoms with Gasteiger partial charge < -0.3 is 14.3 Å². The molecule has 3 aromatic rings. The molecule has 1 N–H and O–H groups in total. The number of aromatic nitrogens is 3. The summed E-state index contributed by atoms with van der Waals surface area (Å²) < 4.78 is 7.19. The Morgan fingerprint density at radius 2 is 2.12 bits per heavy atom. The Hall–Kier alpha value is -2.54. The topological polar surface area (TPSA) is 72.9 Å². The van der Waals surface area contributed by atoms with Crippen molar-refractivity contribution in [3.05, 3.63) is 47.9 Å². The van der Waals surface area contributed by atoms with Gasteiger partial charge in [0.15, 0.2) is 11.0 Å². The number of benzene rings is 1. The third-order valence-electron chi connectivity index (χ3n) is 4.10. The molecule has 0 aliphatic rings. The second kappa shape index (κ2) is 7.78. The zero-order valence-corrected chi connectivity index (χ0v) is 16.1. The van der Waals surface area contributed by atoms with Gasteiger partial charge in [0.25, 0.3) is 0 Å². The fourth-order valence-corrected chi connectivity index (χ4v) is 3.31. The molecule has 0 fully saturated rings. The van der Waals surface area contributed by atoms with Gasteiger partial charge in [0.05, 0.1) is 17.6 Å². The van der Waals surface area contributed by atoms with Crippen molar-refractivity contribution < 1.29 is 9.21 Å². The number of thioether (sulfide) groups is 1. The predicted octanol–water partition coefficient (Wildman–Crippen LogP) is 4.24. The number of carbonyl (C=O) groups excluding carboxylic acids is 1. The lowest BCUT2D eigenvalue weighted by atomic mass is 10.0. The number of furan rings is 1. The number of aryl methyl sites for hydroxylation is 1. The van der Waals surface area contributed by atoms with Crippen LogP contribution < -0.4 is 5.32 Å². The molecule has 6 nitrogen and oxygen atoms in total. The zero-order chi connectivity index (χ0) is 18.7. The highest BCUT2D eigenvalue weighted by Gasteiger charge is 2.16. The highest BCUT2D eigenvalue weighted by Crippen LogP contribution is 2.26. The average Bonchev–Trinajstić information content (AvgIpc) is 3.18. The summed E-state index contributed by atoms with van der Waals surface area (Å²) in [6.45, 7) is 6.14. The number of hydrogen-bond acceptors (Lipinski definition) is 5. The predicted molar refractivity (Wildman–Crippen MR) is 103 cm³/mol. The van der Waals surface area contributed by atoms with Crippen LogP contribution in [-0.4, -0.2) is 26.4 Å². The molecule has 2 heterocycles. The Morgan fingerprint density at radius 1 is 1.31 bits per heavy atom. The van der Waals surface area contributed by atoms with Crippen molar-refractivity contribution in [3.63, 3.8) is 0 Å². The van der Waals surface area contributed by atoms with Crippen molar-refractivity contribution >= 4 is 23.4 Å². The summed E-state index contributed by atoms with van der Waals surface area (Å²) in [6.07, 6.45) is 1.63. The van der Waals surface area contributed by atoms with Crippen LogP contribution in [-0.2, 0) is 11.8 Å². The van der Waals surface area contributed by atoms with Gasteiger partial charge in [0.1, 0.15) is 5.76 Å². The van der Waals surface area contributed by atoms with Crippen LogP contribution in [0.25, 0.3) is 11.4 Å². The number of rotatable bonds is 6. The van der Waals surface area contributed by atoms with Crippen molar-refractivity contribution in [3.8, 4) is 11.4 Å². The van der Waals surface area contributed by atoms with Gasteiger partial charge in [-0.25, -0.2) is 0 Å². The Bertz CT molecular complexity index is 914. The fraction of sp³-hybridized carbons (Fsp3) is 0.316. The molecule has 26 heavy (non-hydrogen) atoms. The van der Waals surface area contributed by atoms with Gasteiger partial charge in [-0.05, 0) is 36.6 Å². The maximum atomic E-state index is 12.3. The summed E-state index contributed by atoms with van der Waals surface area (Å²) in [7, 11) is 1.88. The van der Waals surface area contributed by atoms with E-state index in [1.165, 1.54) is 17.3 Å². The number of nitrogens with one attached hydrogen (secondary N) is 1. The van der Waals surface area contributed by atoms with E-state index in [-0.39, 0.29) is 11.7 Å². The largest absolute Gasteiger partial charge is 0.469 e. The van der Waals surface area contributed by atoms with Gasteiger partial charge in [0, 0.05) is 12.7 Å². The zero-order valence-electron chi connectivity index (χ0n) is 15.3. The standard InChI is InChI=1S/C19H22N4O2S/c1-12(2)14-6-5-7-15(10-14)20-17(24)11-26-19-22-21-18(23(19)4)16-8-9-25-13(16)3/h5-10,12H,11H2,1-4H3,(H,20,24). The van der Waals surface area contributed by atoms with E-state index in [9.17, 15) is 4.79 Å². The molecule has 0 spiro atoms. The Kier molecular flexibility index (Phi) is 5.46. The summed E-state index contributed by atoms with van der Waals surface area (Å²) >= 11 is 1.36. The molecule has 1 aromatic carbocycles. The third kappa shape index (κ3) is 3.99. The first-order valence-corrected chi connectivity index (χ1v) is 9.40. The van der Waals surface area contributed by atoms with Crippen molar-refractivity contribution in [2.45, 2.75) is 31.8 Å². The molecule has 3 rings (SSSR count). The first kappa shape index (κ1) is 18.3. The van der Waals surface area contributed by atoms with E-state index in [4.69, 9.17) is 4.42 Å². The molecular weight excluding hydrogens is 348 g/mol. The highest BCUT2D eigenvalue weighted by molar-refractivity contribution is 7.99. The van der Waals surface area contributed by atoms with Gasteiger partial charge in [-0.3, -0.25) is 4.79 Å². The number of nitrogens with zero attached hydrogens (tertiary/aromatic N) is 3. The van der Waals surface area contributed by atoms with Crippen molar-refractivity contribution in [2.75, 3.05) is 11.1 Å². The van der Waals surface area contributed by atoms with E-state index in [0.717, 1.165) is 22.8 Å². The monoisotopic (exact) mass is 370 g/mol. The molecule has 0 bridgehead atoms. The van der Waals surface area contributed by atoms with Gasteiger partial charge in [-0.1, -0.05) is 37.7 Å². The second-order valence-corrected chi connectivity index (χ2v) is 7.32. The van der Waals surface area contributed by atoms with Gasteiger partial charge in [0.2, 0.25) is 5.91 Å². The molecule has 0 aliphatic carbocycles. The molecule has 136 valence electrons. The highest BCUT2D eigenvalue weighted by atomic mass is 32.2. The number of anilines is 1. The van der Waals surface area contributed by atoms with Crippen molar-refractivity contribution in [1.82, 2.24) is 14.8 Å². The first-order chi connectivity index (χ1) is 12.5. The van der Waals surface area contributed by atoms with Crippen LogP contribution in [0.5, 0.6) is 0 Å². The summed E-state index contributed by atoms with van der Waals surface area (Å²) in [5.74, 6) is 2.13. The van der Waals surface area contributed by atoms with E-state index >= 15 is 0 Å². The molecule has 0 unspecified atom stereocenters. The number of amides is 1. The van der Waals surface area contributed by atoms with Gasteiger partial charge in [-0.2, -0.15) is 0 Å². The minimum atomic E-state index is -0.0695. The smallest absolute Gasteiger partial charge is 0.234 e. The normalized spacial score (nSPS) is 11.1. The van der Waals surface area contributed by atoms with E-state index in [1.54, 1.807) is 6.26 Å². The second-order valence-electron chi connectivity index (χ2n) is 6.37. The van der Waals surface area contributed by atoms with Gasteiger partial charge >= 0.3 is 0 Å². The van der Waals surface area contributed by atoms with Crippen LogP contribution in [0.4, 0.5) is 5.69 Å². The van der Waals surface area contributed by atoms with E-state index in [2.05, 4.69) is 35.4 Å². The minimum Gasteiger partial charge on any atom is -0.469 e. The Morgan fingerprint density at radius 3 is 2.81 bits per heavy atom. The minimum absolute atomic E-state index is 0.0695. The molecule has 0 atom stereocenters. The first-order valence-electron chi connectivity index (χ1n) is 8.42. The van der Waals surface area contributed by atoms with Crippen LogP contribution >= 0.6 is 11.8 Å². The quantitative estimate of drug-likeness (QED) is 0.657. The van der Waals surface area contributed by atoms with E-state index in [1.807, 2.05) is 42.8 Å². The molecule has 0 saturated heterocycles. The number of hydrogen-bond donors (Lipinski definition) is 1. The number of carbonyl (C=O) groups is 1. The van der Waals surface area contributed by atoms with E-state index in [0.29, 0.717) is 11.1 Å². The molecule has 1 amide bonds. The van der Waals surface area contributed by atoms with Crippen LogP contribution in [0.3, 0.4) is 0 Å². The molecule has 0 aliphatic heterocycles. The van der Waals surface area contributed by atoms with Crippen LogP contribution in [0.1, 0.15) is 31.1 Å². The summed E-state index contributed by atoms with van der Waals surface area (Å²) in [4.78, 5) is 12.3. The average molecular weight is 370 g/mol. The molecule has 7 heteroatoms.